The summed E-state index contributed by atoms with van der Waals surface area (Å²) >= 11 is 0. The van der Waals surface area contributed by atoms with Crippen molar-refractivity contribution >= 4 is 29.0 Å². The molecule has 4 heterocycles. The zero-order valence-corrected chi connectivity index (χ0v) is 17.6. The summed E-state index contributed by atoms with van der Waals surface area (Å²) in [7, 11) is 0. The highest BCUT2D eigenvalue weighted by Gasteiger charge is 2.65. The fraction of sp³-hybridized carbons (Fsp3) is 0.375. The smallest absolute Gasteiger partial charge is 0.250 e. The first kappa shape index (κ1) is 19.3. The highest BCUT2D eigenvalue weighted by atomic mass is 16.7. The highest BCUT2D eigenvalue weighted by Crippen LogP contribution is 2.55. The van der Waals surface area contributed by atoms with E-state index in [-0.39, 0.29) is 30.4 Å². The number of ether oxygens (including phenoxy) is 2. The third-order valence-electron chi connectivity index (χ3n) is 7.24. The Kier molecular flexibility index (Phi) is 4.10. The molecule has 2 aromatic carbocycles. The predicted octanol–water partition coefficient (Wildman–Crippen LogP) is 2.89. The van der Waals surface area contributed by atoms with E-state index in [1.54, 1.807) is 12.1 Å². The van der Waals surface area contributed by atoms with Crippen LogP contribution in [0.4, 0.5) is 11.4 Å². The van der Waals surface area contributed by atoms with E-state index in [0.29, 0.717) is 29.2 Å². The first-order valence-corrected chi connectivity index (χ1v) is 10.9. The SMILES string of the molecule is CC(=O)c1cc2c(cc1NC(=O)C1CC3CCCN3C13C(=O)Nc1ccccc13)OCO2. The summed E-state index contributed by atoms with van der Waals surface area (Å²) in [5, 5.41) is 5.96. The molecule has 2 fully saturated rings. The van der Waals surface area contributed by atoms with E-state index in [1.165, 1.54) is 6.92 Å². The second kappa shape index (κ2) is 6.80. The second-order valence-corrected chi connectivity index (χ2v) is 8.84. The van der Waals surface area contributed by atoms with Gasteiger partial charge in [-0.25, -0.2) is 0 Å². The molecule has 3 atom stereocenters. The van der Waals surface area contributed by atoms with Crippen LogP contribution < -0.4 is 20.1 Å². The monoisotopic (exact) mass is 433 g/mol. The third-order valence-corrected chi connectivity index (χ3v) is 7.24. The van der Waals surface area contributed by atoms with Gasteiger partial charge in [0, 0.05) is 28.9 Å². The molecule has 0 saturated carbocycles. The Hall–Kier alpha value is -3.39. The fourth-order valence-corrected chi connectivity index (χ4v) is 5.94. The minimum absolute atomic E-state index is 0.0728. The average molecular weight is 433 g/mol. The number of hydrogen-bond acceptors (Lipinski definition) is 6. The van der Waals surface area contributed by atoms with Gasteiger partial charge in [-0.2, -0.15) is 0 Å². The van der Waals surface area contributed by atoms with Crippen LogP contribution in [0.2, 0.25) is 0 Å². The number of ketones is 1. The van der Waals surface area contributed by atoms with Gasteiger partial charge < -0.3 is 20.1 Å². The standard InChI is InChI=1S/C24H23N3O5/c1-13(28)15-10-20-21(32-12-31-20)11-19(15)25-22(29)17-9-14-5-4-8-27(14)24(17)16-6-2-3-7-18(16)26-23(24)30/h2-3,6-7,10-11,14,17H,4-5,8-9,12H2,1H3,(H,25,29)(H,26,30). The summed E-state index contributed by atoms with van der Waals surface area (Å²) in [5.74, 6) is -0.231. The van der Waals surface area contributed by atoms with Crippen molar-refractivity contribution < 1.29 is 23.9 Å². The van der Waals surface area contributed by atoms with Crippen LogP contribution in [0, 0.1) is 5.92 Å². The van der Waals surface area contributed by atoms with Crippen molar-refractivity contribution in [3.8, 4) is 11.5 Å². The molecule has 0 bridgehead atoms. The van der Waals surface area contributed by atoms with E-state index in [0.717, 1.165) is 30.6 Å². The molecule has 32 heavy (non-hydrogen) atoms. The van der Waals surface area contributed by atoms with Crippen LogP contribution in [0.5, 0.6) is 11.5 Å². The molecule has 0 aliphatic carbocycles. The van der Waals surface area contributed by atoms with Crippen LogP contribution in [0.15, 0.2) is 36.4 Å². The van der Waals surface area contributed by atoms with Gasteiger partial charge in [0.05, 0.1) is 11.6 Å². The van der Waals surface area contributed by atoms with Gasteiger partial charge in [0.15, 0.2) is 17.3 Å². The van der Waals surface area contributed by atoms with E-state index < -0.39 is 11.5 Å². The number of rotatable bonds is 3. The highest BCUT2D eigenvalue weighted by molar-refractivity contribution is 6.12. The van der Waals surface area contributed by atoms with Gasteiger partial charge >= 0.3 is 0 Å². The molecule has 2 aromatic rings. The van der Waals surface area contributed by atoms with Gasteiger partial charge in [-0.3, -0.25) is 19.3 Å². The first-order valence-electron chi connectivity index (χ1n) is 10.9. The summed E-state index contributed by atoms with van der Waals surface area (Å²) in [6.45, 7) is 2.29. The van der Waals surface area contributed by atoms with Gasteiger partial charge in [0.25, 0.3) is 0 Å². The second-order valence-electron chi connectivity index (χ2n) is 8.84. The zero-order valence-electron chi connectivity index (χ0n) is 17.6. The van der Waals surface area contributed by atoms with E-state index in [4.69, 9.17) is 9.47 Å². The largest absolute Gasteiger partial charge is 0.454 e. The summed E-state index contributed by atoms with van der Waals surface area (Å²) in [6.07, 6.45) is 2.56. The van der Waals surface area contributed by atoms with Gasteiger partial charge in [0.1, 0.15) is 5.54 Å². The summed E-state index contributed by atoms with van der Waals surface area (Å²) < 4.78 is 10.8. The number of nitrogens with one attached hydrogen (secondary N) is 2. The molecule has 2 amide bonds. The molecular formula is C24H23N3O5. The number of carbonyl (C=O) groups is 3. The quantitative estimate of drug-likeness (QED) is 0.723. The molecule has 8 heteroatoms. The van der Waals surface area contributed by atoms with Crippen molar-refractivity contribution in [2.75, 3.05) is 24.0 Å². The lowest BCUT2D eigenvalue weighted by Crippen LogP contribution is -2.53. The number of amides is 2. The van der Waals surface area contributed by atoms with Crippen LogP contribution in [-0.4, -0.2) is 41.9 Å². The fourth-order valence-electron chi connectivity index (χ4n) is 5.94. The molecular weight excluding hydrogens is 410 g/mol. The topological polar surface area (TPSA) is 97.0 Å². The maximum atomic E-state index is 13.7. The Morgan fingerprint density at radius 1 is 1.19 bits per heavy atom. The summed E-state index contributed by atoms with van der Waals surface area (Å²) in [5.41, 5.74) is 1.31. The van der Waals surface area contributed by atoms with E-state index in [9.17, 15) is 14.4 Å². The molecule has 4 aliphatic rings. The molecule has 164 valence electrons. The molecule has 2 N–H and O–H groups in total. The van der Waals surface area contributed by atoms with E-state index in [2.05, 4.69) is 15.5 Å². The van der Waals surface area contributed by atoms with Crippen LogP contribution >= 0.6 is 0 Å². The van der Waals surface area contributed by atoms with Crippen molar-refractivity contribution in [2.24, 2.45) is 5.92 Å². The Labute approximate surface area is 184 Å². The normalized spacial score (nSPS) is 27.3. The van der Waals surface area contributed by atoms with Crippen molar-refractivity contribution in [1.29, 1.82) is 0 Å². The van der Waals surface area contributed by atoms with E-state index >= 15 is 0 Å². The number of Topliss-reactive ketones (excluding diaryl/α,β-unsaturated/α-hetero) is 1. The number of carbonyl (C=O) groups excluding carboxylic acids is 3. The number of nitrogens with zero attached hydrogens (tertiary/aromatic N) is 1. The number of fused-ring (bicyclic) bond motifs is 5. The van der Waals surface area contributed by atoms with Crippen molar-refractivity contribution in [1.82, 2.24) is 4.90 Å². The summed E-state index contributed by atoms with van der Waals surface area (Å²) in [4.78, 5) is 41.7. The molecule has 4 aliphatic heterocycles. The van der Waals surface area contributed by atoms with Gasteiger partial charge in [-0.1, -0.05) is 18.2 Å². The Balaban J connectivity index is 1.42. The Morgan fingerprint density at radius 2 is 1.97 bits per heavy atom. The molecule has 3 unspecified atom stereocenters. The number of benzene rings is 2. The van der Waals surface area contributed by atoms with Crippen molar-refractivity contribution in [3.05, 3.63) is 47.5 Å². The van der Waals surface area contributed by atoms with Gasteiger partial charge in [-0.15, -0.1) is 0 Å². The number of anilines is 2. The van der Waals surface area contributed by atoms with Crippen LogP contribution in [0.1, 0.15) is 42.1 Å². The van der Waals surface area contributed by atoms with Gasteiger partial charge in [-0.05, 0) is 44.9 Å². The Bertz CT molecular complexity index is 1180. The van der Waals surface area contributed by atoms with Crippen molar-refractivity contribution in [3.63, 3.8) is 0 Å². The van der Waals surface area contributed by atoms with Crippen LogP contribution in [0.25, 0.3) is 0 Å². The molecule has 8 nitrogen and oxygen atoms in total. The third kappa shape index (κ3) is 2.50. The lowest BCUT2D eigenvalue weighted by atomic mass is 9.78. The predicted molar refractivity (Wildman–Crippen MR) is 116 cm³/mol. The molecule has 0 radical (unpaired) electrons. The molecule has 1 spiro atoms. The average Bonchev–Trinajstić information content (AvgIpc) is 3.52. The lowest BCUT2D eigenvalue weighted by Gasteiger charge is -2.36. The number of para-hydroxylation sites is 1. The van der Waals surface area contributed by atoms with Crippen LogP contribution in [-0.2, 0) is 15.1 Å². The Morgan fingerprint density at radius 3 is 2.78 bits per heavy atom. The number of hydrogen-bond donors (Lipinski definition) is 2. The van der Waals surface area contributed by atoms with Crippen LogP contribution in [0.3, 0.4) is 0 Å². The van der Waals surface area contributed by atoms with Crippen molar-refractivity contribution in [2.45, 2.75) is 37.8 Å². The zero-order chi connectivity index (χ0) is 22.0. The minimum Gasteiger partial charge on any atom is -0.454 e. The maximum absolute atomic E-state index is 13.7. The van der Waals surface area contributed by atoms with E-state index in [1.807, 2.05) is 24.3 Å². The lowest BCUT2D eigenvalue weighted by molar-refractivity contribution is -0.135. The minimum atomic E-state index is -1.03. The molecule has 0 aromatic heterocycles. The molecule has 2 saturated heterocycles. The summed E-state index contributed by atoms with van der Waals surface area (Å²) in [6, 6.07) is 11.0. The van der Waals surface area contributed by atoms with Gasteiger partial charge in [0.2, 0.25) is 18.6 Å². The molecule has 6 rings (SSSR count). The first-order chi connectivity index (χ1) is 15.5. The maximum Gasteiger partial charge on any atom is 0.250 e.